The third kappa shape index (κ3) is 2.79. The lowest BCUT2D eigenvalue weighted by Gasteiger charge is -2.36. The van der Waals surface area contributed by atoms with Gasteiger partial charge >= 0.3 is 0 Å². The average molecular weight is 269 g/mol. The Bertz CT molecular complexity index is 327. The van der Waals surface area contributed by atoms with Gasteiger partial charge in [0.2, 0.25) is 0 Å². The van der Waals surface area contributed by atoms with Gasteiger partial charge in [0.1, 0.15) is 0 Å². The molecule has 2 atom stereocenters. The molecule has 2 unspecified atom stereocenters. The van der Waals surface area contributed by atoms with Crippen molar-refractivity contribution in [3.05, 3.63) is 28.5 Å². The topological polar surface area (TPSA) is 24.9 Å². The van der Waals surface area contributed by atoms with E-state index in [0.717, 1.165) is 22.9 Å². The third-order valence-electron chi connectivity index (χ3n) is 3.30. The number of hydrogen-bond donors (Lipinski definition) is 1. The molecule has 0 spiro atoms. The third-order valence-corrected chi connectivity index (χ3v) is 3.73. The summed E-state index contributed by atoms with van der Waals surface area (Å²) in [5.74, 6) is 1.72. The second kappa shape index (κ2) is 5.08. The maximum atomic E-state index is 4.20. The number of hydrogen-bond acceptors (Lipinski definition) is 2. The Morgan fingerprint density at radius 1 is 1.40 bits per heavy atom. The number of rotatable bonds is 4. The normalized spacial score (nSPS) is 24.9. The molecule has 1 aliphatic carbocycles. The summed E-state index contributed by atoms with van der Waals surface area (Å²) in [4.78, 5) is 4.20. The van der Waals surface area contributed by atoms with Crippen molar-refractivity contribution in [3.8, 4) is 0 Å². The number of aromatic nitrogens is 1. The molecule has 82 valence electrons. The highest BCUT2D eigenvalue weighted by Crippen LogP contribution is 2.36. The first-order valence-corrected chi connectivity index (χ1v) is 6.33. The van der Waals surface area contributed by atoms with Gasteiger partial charge in [-0.25, -0.2) is 0 Å². The van der Waals surface area contributed by atoms with E-state index in [1.54, 1.807) is 0 Å². The lowest BCUT2D eigenvalue weighted by molar-refractivity contribution is 0.174. The quantitative estimate of drug-likeness (QED) is 0.908. The van der Waals surface area contributed by atoms with Gasteiger partial charge in [-0.3, -0.25) is 4.98 Å². The molecule has 1 N–H and O–H groups in total. The predicted octanol–water partition coefficient (Wildman–Crippen LogP) is 2.63. The average Bonchev–Trinajstić information content (AvgIpc) is 2.21. The fourth-order valence-electron chi connectivity index (χ4n) is 2.31. The van der Waals surface area contributed by atoms with Gasteiger partial charge in [0.05, 0.1) is 0 Å². The molecule has 15 heavy (non-hydrogen) atoms. The Hall–Kier alpha value is -0.410. The van der Waals surface area contributed by atoms with Crippen LogP contribution < -0.4 is 5.32 Å². The Labute approximate surface area is 99.6 Å². The number of pyridine rings is 1. The molecular weight excluding hydrogens is 252 g/mol. The summed E-state index contributed by atoms with van der Waals surface area (Å²) in [7, 11) is 2.04. The van der Waals surface area contributed by atoms with Gasteiger partial charge in [-0.15, -0.1) is 0 Å². The van der Waals surface area contributed by atoms with Crippen LogP contribution in [0.3, 0.4) is 0 Å². The monoisotopic (exact) mass is 268 g/mol. The van der Waals surface area contributed by atoms with E-state index in [1.165, 1.54) is 24.8 Å². The first-order valence-electron chi connectivity index (χ1n) is 5.53. The number of nitrogens with one attached hydrogen (secondary N) is 1. The summed E-state index contributed by atoms with van der Waals surface area (Å²) in [5, 5.41) is 3.27. The summed E-state index contributed by atoms with van der Waals surface area (Å²) >= 11 is 3.46. The highest BCUT2D eigenvalue weighted by Gasteiger charge is 2.29. The molecule has 1 aromatic heterocycles. The van der Waals surface area contributed by atoms with Crippen LogP contribution in [0.25, 0.3) is 0 Å². The maximum Gasteiger partial charge on any atom is 0.0410 e. The van der Waals surface area contributed by atoms with Crippen molar-refractivity contribution < 1.29 is 0 Å². The molecule has 0 radical (unpaired) electrons. The summed E-state index contributed by atoms with van der Waals surface area (Å²) < 4.78 is 1.09. The summed E-state index contributed by atoms with van der Waals surface area (Å²) in [6, 6.07) is 2.18. The van der Waals surface area contributed by atoms with Crippen LogP contribution in [0.1, 0.15) is 18.4 Å². The summed E-state index contributed by atoms with van der Waals surface area (Å²) in [6.45, 7) is 1.16. The van der Waals surface area contributed by atoms with Crippen molar-refractivity contribution in [1.82, 2.24) is 10.3 Å². The Morgan fingerprint density at radius 3 is 2.80 bits per heavy atom. The van der Waals surface area contributed by atoms with E-state index in [0.29, 0.717) is 0 Å². The fraction of sp³-hybridized carbons (Fsp3) is 0.583. The predicted molar refractivity (Wildman–Crippen MR) is 65.8 cm³/mol. The van der Waals surface area contributed by atoms with Crippen LogP contribution in [0.4, 0.5) is 0 Å². The van der Waals surface area contributed by atoms with Crippen molar-refractivity contribution in [3.63, 3.8) is 0 Å². The van der Waals surface area contributed by atoms with Gasteiger partial charge in [-0.2, -0.15) is 0 Å². The minimum Gasteiger partial charge on any atom is -0.319 e. The van der Waals surface area contributed by atoms with Crippen molar-refractivity contribution >= 4 is 15.9 Å². The van der Waals surface area contributed by atoms with E-state index in [-0.39, 0.29) is 0 Å². The zero-order valence-electron chi connectivity index (χ0n) is 9.04. The minimum atomic E-state index is 0.855. The molecular formula is C12H17BrN2. The van der Waals surface area contributed by atoms with Gasteiger partial charge < -0.3 is 5.32 Å². The van der Waals surface area contributed by atoms with Crippen LogP contribution >= 0.6 is 15.9 Å². The lowest BCUT2D eigenvalue weighted by Crippen LogP contribution is -2.35. The van der Waals surface area contributed by atoms with Crippen LogP contribution in [0.5, 0.6) is 0 Å². The second-order valence-electron chi connectivity index (χ2n) is 4.37. The largest absolute Gasteiger partial charge is 0.319 e. The molecule has 0 aromatic carbocycles. The molecule has 0 saturated heterocycles. The molecule has 2 rings (SSSR count). The molecule has 1 aliphatic rings. The first kappa shape index (κ1) is 11.1. The fourth-order valence-corrected chi connectivity index (χ4v) is 2.72. The van der Waals surface area contributed by atoms with Crippen LogP contribution in [0.2, 0.25) is 0 Å². The first-order chi connectivity index (χ1) is 7.29. The number of halogens is 1. The molecule has 0 bridgehead atoms. The zero-order valence-corrected chi connectivity index (χ0v) is 10.6. The van der Waals surface area contributed by atoms with Crippen LogP contribution in [0.15, 0.2) is 22.9 Å². The molecule has 1 fully saturated rings. The Kier molecular flexibility index (Phi) is 3.76. The van der Waals surface area contributed by atoms with E-state index in [9.17, 15) is 0 Å². The van der Waals surface area contributed by atoms with Crippen LogP contribution in [-0.4, -0.2) is 18.6 Å². The minimum absolute atomic E-state index is 0.855. The highest BCUT2D eigenvalue weighted by atomic mass is 79.9. The second-order valence-corrected chi connectivity index (χ2v) is 5.29. The molecule has 1 saturated carbocycles. The highest BCUT2D eigenvalue weighted by molar-refractivity contribution is 9.10. The van der Waals surface area contributed by atoms with E-state index in [1.807, 2.05) is 19.4 Å². The van der Waals surface area contributed by atoms with Crippen molar-refractivity contribution in [1.29, 1.82) is 0 Å². The van der Waals surface area contributed by atoms with Gasteiger partial charge in [-0.1, -0.05) is 0 Å². The van der Waals surface area contributed by atoms with Crippen molar-refractivity contribution in [2.24, 2.45) is 11.8 Å². The van der Waals surface area contributed by atoms with E-state index >= 15 is 0 Å². The molecule has 0 amide bonds. The van der Waals surface area contributed by atoms with Crippen molar-refractivity contribution in [2.75, 3.05) is 13.6 Å². The lowest BCUT2D eigenvalue weighted by atomic mass is 9.71. The van der Waals surface area contributed by atoms with Gasteiger partial charge in [0, 0.05) is 16.9 Å². The van der Waals surface area contributed by atoms with E-state index < -0.39 is 0 Å². The van der Waals surface area contributed by atoms with E-state index in [2.05, 4.69) is 32.3 Å². The molecule has 1 aromatic rings. The van der Waals surface area contributed by atoms with Crippen LogP contribution in [0, 0.1) is 11.8 Å². The Balaban J connectivity index is 1.92. The zero-order chi connectivity index (χ0) is 10.7. The molecule has 1 heterocycles. The summed E-state index contributed by atoms with van der Waals surface area (Å²) in [5.41, 5.74) is 1.36. The molecule has 3 heteroatoms. The van der Waals surface area contributed by atoms with E-state index in [4.69, 9.17) is 0 Å². The smallest absolute Gasteiger partial charge is 0.0410 e. The van der Waals surface area contributed by atoms with Crippen molar-refractivity contribution in [2.45, 2.75) is 19.3 Å². The van der Waals surface area contributed by atoms with Crippen LogP contribution in [-0.2, 0) is 6.42 Å². The van der Waals surface area contributed by atoms with Gasteiger partial charge in [-0.05, 0) is 72.3 Å². The number of nitrogens with zero attached hydrogens (tertiary/aromatic N) is 1. The molecule has 2 nitrogen and oxygen atoms in total. The maximum absolute atomic E-state index is 4.20. The molecule has 0 aliphatic heterocycles. The van der Waals surface area contributed by atoms with Gasteiger partial charge in [0.25, 0.3) is 0 Å². The Morgan fingerprint density at radius 2 is 2.20 bits per heavy atom. The van der Waals surface area contributed by atoms with Gasteiger partial charge in [0.15, 0.2) is 0 Å². The SMILES string of the molecule is CNCC1CCC1Cc1cncc(Br)c1. The summed E-state index contributed by atoms with van der Waals surface area (Å²) in [6.07, 6.45) is 7.76. The standard InChI is InChI=1S/C12H17BrN2/c1-14-7-11-3-2-10(11)4-9-5-12(13)8-15-6-9/h5-6,8,10-11,14H,2-4,7H2,1H3.